The maximum Gasteiger partial charge on any atom is 0.349 e. The fraction of sp³-hybridized carbons (Fsp3) is 0.273. The van der Waals surface area contributed by atoms with Crippen LogP contribution in [0.2, 0.25) is 0 Å². The highest BCUT2D eigenvalue weighted by molar-refractivity contribution is 5.89. The lowest BCUT2D eigenvalue weighted by Crippen LogP contribution is -2.39. The Balaban J connectivity index is 2.16. The molecular formula is C22H23NO4. The summed E-state index contributed by atoms with van der Waals surface area (Å²) in [5, 5.41) is 9.46. The van der Waals surface area contributed by atoms with Gasteiger partial charge in [-0.2, -0.15) is 5.26 Å². The van der Waals surface area contributed by atoms with Crippen LogP contribution in [0, 0.1) is 11.3 Å². The first-order valence-corrected chi connectivity index (χ1v) is 8.62. The van der Waals surface area contributed by atoms with Crippen molar-refractivity contribution in [2.45, 2.75) is 26.4 Å². The third-order valence-corrected chi connectivity index (χ3v) is 3.85. The normalized spacial score (nSPS) is 11.4. The molecule has 0 aliphatic carbocycles. The second-order valence-corrected chi connectivity index (χ2v) is 6.30. The molecule has 0 heterocycles. The summed E-state index contributed by atoms with van der Waals surface area (Å²) in [5.74, 6) is 0.871. The molecule has 5 nitrogen and oxygen atoms in total. The van der Waals surface area contributed by atoms with Crippen molar-refractivity contribution in [1.29, 1.82) is 5.26 Å². The number of hydrogen-bond acceptors (Lipinski definition) is 5. The molecule has 0 unspecified atom stereocenters. The van der Waals surface area contributed by atoms with Crippen molar-refractivity contribution in [3.8, 4) is 17.6 Å². The SMILES string of the molecule is CCOC(=O)C(C)(C)Oc1ccc(C=C(C#N)c2ccc(OC)cc2)cc1. The molecule has 140 valence electrons. The van der Waals surface area contributed by atoms with Gasteiger partial charge in [0.2, 0.25) is 0 Å². The number of allylic oxidation sites excluding steroid dienone is 1. The first-order chi connectivity index (χ1) is 12.9. The van der Waals surface area contributed by atoms with E-state index in [2.05, 4.69) is 6.07 Å². The van der Waals surface area contributed by atoms with Crippen molar-refractivity contribution in [2.75, 3.05) is 13.7 Å². The molecular weight excluding hydrogens is 342 g/mol. The minimum atomic E-state index is -1.08. The number of esters is 1. The largest absolute Gasteiger partial charge is 0.497 e. The van der Waals surface area contributed by atoms with Gasteiger partial charge in [0.05, 0.1) is 25.4 Å². The van der Waals surface area contributed by atoms with Crippen LogP contribution >= 0.6 is 0 Å². The molecule has 5 heteroatoms. The average Bonchev–Trinajstić information content (AvgIpc) is 2.67. The van der Waals surface area contributed by atoms with Crippen LogP contribution in [0.4, 0.5) is 0 Å². The Morgan fingerprint density at radius 3 is 2.19 bits per heavy atom. The predicted molar refractivity (Wildman–Crippen MR) is 104 cm³/mol. The van der Waals surface area contributed by atoms with Crippen LogP contribution in [0.5, 0.6) is 11.5 Å². The number of ether oxygens (including phenoxy) is 3. The van der Waals surface area contributed by atoms with Crippen LogP contribution in [0.15, 0.2) is 48.5 Å². The molecule has 0 spiro atoms. The van der Waals surface area contributed by atoms with E-state index in [-0.39, 0.29) is 0 Å². The minimum Gasteiger partial charge on any atom is -0.497 e. The summed E-state index contributed by atoms with van der Waals surface area (Å²) >= 11 is 0. The molecule has 2 rings (SSSR count). The van der Waals surface area contributed by atoms with Crippen LogP contribution < -0.4 is 9.47 Å². The first kappa shape index (κ1) is 20.1. The second kappa shape index (κ2) is 8.91. The van der Waals surface area contributed by atoms with E-state index < -0.39 is 11.6 Å². The van der Waals surface area contributed by atoms with E-state index in [1.54, 1.807) is 46.1 Å². The molecule has 2 aromatic carbocycles. The Bertz CT molecular complexity index is 843. The number of rotatable bonds is 7. The number of carbonyl (C=O) groups excluding carboxylic acids is 1. The van der Waals surface area contributed by atoms with Gasteiger partial charge < -0.3 is 14.2 Å². The van der Waals surface area contributed by atoms with Gasteiger partial charge in [-0.25, -0.2) is 4.79 Å². The van der Waals surface area contributed by atoms with E-state index in [0.717, 1.165) is 16.9 Å². The van der Waals surface area contributed by atoms with Crippen molar-refractivity contribution in [2.24, 2.45) is 0 Å². The van der Waals surface area contributed by atoms with Gasteiger partial charge in [-0.05, 0) is 74.4 Å². The molecule has 0 fully saturated rings. The van der Waals surface area contributed by atoms with E-state index in [1.807, 2.05) is 36.4 Å². The maximum atomic E-state index is 11.9. The van der Waals surface area contributed by atoms with E-state index in [4.69, 9.17) is 14.2 Å². The summed E-state index contributed by atoms with van der Waals surface area (Å²) in [5.41, 5.74) is 1.12. The zero-order valence-electron chi connectivity index (χ0n) is 16.0. The van der Waals surface area contributed by atoms with Crippen LogP contribution in [-0.2, 0) is 9.53 Å². The lowest BCUT2D eigenvalue weighted by molar-refractivity contribution is -0.158. The van der Waals surface area contributed by atoms with Gasteiger partial charge in [0.15, 0.2) is 5.60 Å². The summed E-state index contributed by atoms with van der Waals surface area (Å²) in [6, 6.07) is 16.7. The summed E-state index contributed by atoms with van der Waals surface area (Å²) in [6.07, 6.45) is 1.79. The van der Waals surface area contributed by atoms with Gasteiger partial charge in [0.1, 0.15) is 11.5 Å². The molecule has 0 aliphatic rings. The third-order valence-electron chi connectivity index (χ3n) is 3.85. The molecule has 0 saturated carbocycles. The molecule has 0 aromatic heterocycles. The summed E-state index contributed by atoms with van der Waals surface area (Å²) in [4.78, 5) is 11.9. The number of benzene rings is 2. The third kappa shape index (κ3) is 5.35. The Morgan fingerprint density at radius 1 is 1.07 bits per heavy atom. The molecule has 27 heavy (non-hydrogen) atoms. The Hall–Kier alpha value is -3.26. The highest BCUT2D eigenvalue weighted by Crippen LogP contribution is 2.24. The van der Waals surface area contributed by atoms with Crippen LogP contribution in [0.3, 0.4) is 0 Å². The molecule has 0 amide bonds. The second-order valence-electron chi connectivity index (χ2n) is 6.30. The molecule has 0 atom stereocenters. The van der Waals surface area contributed by atoms with Crippen molar-refractivity contribution < 1.29 is 19.0 Å². The summed E-state index contributed by atoms with van der Waals surface area (Å²) < 4.78 is 15.9. The molecule has 0 N–H and O–H groups in total. The highest BCUT2D eigenvalue weighted by atomic mass is 16.6. The number of nitrogens with zero attached hydrogens (tertiary/aromatic N) is 1. The molecule has 0 aliphatic heterocycles. The smallest absolute Gasteiger partial charge is 0.349 e. The Kier molecular flexibility index (Phi) is 6.62. The van der Waals surface area contributed by atoms with Gasteiger partial charge >= 0.3 is 5.97 Å². The van der Waals surface area contributed by atoms with Crippen molar-refractivity contribution in [3.63, 3.8) is 0 Å². The van der Waals surface area contributed by atoms with Crippen molar-refractivity contribution >= 4 is 17.6 Å². The highest BCUT2D eigenvalue weighted by Gasteiger charge is 2.31. The number of nitriles is 1. The van der Waals surface area contributed by atoms with Gasteiger partial charge in [0, 0.05) is 0 Å². The standard InChI is InChI=1S/C22H23NO4/c1-5-26-21(24)22(2,3)27-20-10-6-16(7-11-20)14-18(15-23)17-8-12-19(25-4)13-9-17/h6-14H,5H2,1-4H3. The number of carbonyl (C=O) groups is 1. The van der Waals surface area contributed by atoms with E-state index in [9.17, 15) is 10.1 Å². The van der Waals surface area contributed by atoms with E-state index >= 15 is 0 Å². The Morgan fingerprint density at radius 2 is 1.67 bits per heavy atom. The molecule has 0 saturated heterocycles. The fourth-order valence-corrected chi connectivity index (χ4v) is 2.39. The van der Waals surface area contributed by atoms with Crippen molar-refractivity contribution in [1.82, 2.24) is 0 Å². The molecule has 0 bridgehead atoms. The Labute approximate surface area is 159 Å². The monoisotopic (exact) mass is 365 g/mol. The lowest BCUT2D eigenvalue weighted by Gasteiger charge is -2.24. The van der Waals surface area contributed by atoms with Crippen LogP contribution in [-0.4, -0.2) is 25.3 Å². The summed E-state index contributed by atoms with van der Waals surface area (Å²) in [6.45, 7) is 5.38. The predicted octanol–water partition coefficient (Wildman–Crippen LogP) is 4.48. The maximum absolute atomic E-state index is 11.9. The summed E-state index contributed by atoms with van der Waals surface area (Å²) in [7, 11) is 1.60. The average molecular weight is 365 g/mol. The number of methoxy groups -OCH3 is 1. The number of hydrogen-bond donors (Lipinski definition) is 0. The minimum absolute atomic E-state index is 0.303. The zero-order chi connectivity index (χ0) is 19.9. The quantitative estimate of drug-likeness (QED) is 0.411. The van der Waals surface area contributed by atoms with Crippen molar-refractivity contribution in [3.05, 3.63) is 59.7 Å². The molecule has 2 aromatic rings. The first-order valence-electron chi connectivity index (χ1n) is 8.62. The van der Waals surface area contributed by atoms with Gasteiger partial charge in [0.25, 0.3) is 0 Å². The van der Waals surface area contributed by atoms with Crippen LogP contribution in [0.25, 0.3) is 11.6 Å². The van der Waals surface area contributed by atoms with E-state index in [1.165, 1.54) is 0 Å². The van der Waals surface area contributed by atoms with Gasteiger partial charge in [-0.3, -0.25) is 0 Å². The van der Waals surface area contributed by atoms with Crippen LogP contribution in [0.1, 0.15) is 31.9 Å². The topological polar surface area (TPSA) is 68.5 Å². The zero-order valence-corrected chi connectivity index (χ0v) is 16.0. The van der Waals surface area contributed by atoms with E-state index in [0.29, 0.717) is 17.9 Å². The lowest BCUT2D eigenvalue weighted by atomic mass is 10.0. The fourth-order valence-electron chi connectivity index (χ4n) is 2.39. The van der Waals surface area contributed by atoms with Gasteiger partial charge in [-0.1, -0.05) is 12.1 Å². The van der Waals surface area contributed by atoms with Gasteiger partial charge in [-0.15, -0.1) is 0 Å². The molecule has 0 radical (unpaired) electrons.